The van der Waals surface area contributed by atoms with E-state index >= 15 is 0 Å². The molecule has 108 valence electrons. The summed E-state index contributed by atoms with van der Waals surface area (Å²) in [6, 6.07) is 5.01. The summed E-state index contributed by atoms with van der Waals surface area (Å²) in [6.07, 6.45) is 3.01. The molecule has 3 rings (SSSR count). The lowest BCUT2D eigenvalue weighted by Gasteiger charge is -2.10. The summed E-state index contributed by atoms with van der Waals surface area (Å²) in [5.41, 5.74) is 1.04. The van der Waals surface area contributed by atoms with Gasteiger partial charge in [0.05, 0.1) is 17.3 Å². The normalized spacial score (nSPS) is 12.0. The number of furan rings is 1. The minimum atomic E-state index is -1.55. The van der Waals surface area contributed by atoms with Gasteiger partial charge in [0.1, 0.15) is 13.6 Å². The molecule has 0 aliphatic carbocycles. The molecule has 3 heterocycles. The molecule has 0 saturated heterocycles. The first-order valence-electron chi connectivity index (χ1n) is 6.57. The van der Waals surface area contributed by atoms with Gasteiger partial charge in [-0.05, 0) is 0 Å². The van der Waals surface area contributed by atoms with Crippen LogP contribution in [0.2, 0.25) is 19.6 Å². The van der Waals surface area contributed by atoms with Gasteiger partial charge in [-0.15, -0.1) is 0 Å². The molecule has 0 saturated carbocycles. The molecule has 3 aromatic rings. The van der Waals surface area contributed by atoms with E-state index in [2.05, 4.69) is 29.6 Å². The molecule has 1 N–H and O–H groups in total. The predicted molar refractivity (Wildman–Crippen MR) is 83.2 cm³/mol. The second-order valence-electron chi connectivity index (χ2n) is 5.92. The van der Waals surface area contributed by atoms with Crippen LogP contribution in [0.1, 0.15) is 0 Å². The minimum Gasteiger partial charge on any atom is -0.464 e. The molecule has 0 aliphatic rings. The molecule has 0 fully saturated rings. The molecule has 0 aliphatic heterocycles. The quantitative estimate of drug-likeness (QED) is 0.721. The zero-order valence-corrected chi connectivity index (χ0v) is 13.0. The van der Waals surface area contributed by atoms with Gasteiger partial charge < -0.3 is 4.42 Å². The van der Waals surface area contributed by atoms with Crippen LogP contribution in [-0.2, 0) is 0 Å². The number of rotatable bonds is 2. The maximum atomic E-state index is 11.8. The van der Waals surface area contributed by atoms with E-state index in [1.165, 1.54) is 16.8 Å². The van der Waals surface area contributed by atoms with E-state index in [0.717, 1.165) is 10.9 Å². The van der Waals surface area contributed by atoms with Crippen LogP contribution < -0.4 is 16.6 Å². The van der Waals surface area contributed by atoms with E-state index in [9.17, 15) is 9.59 Å². The molecule has 0 amide bonds. The van der Waals surface area contributed by atoms with E-state index in [4.69, 9.17) is 4.42 Å². The minimum absolute atomic E-state index is 0.427. The van der Waals surface area contributed by atoms with E-state index in [0.29, 0.717) is 11.3 Å². The van der Waals surface area contributed by atoms with Crippen LogP contribution in [-0.4, -0.2) is 22.6 Å². The first-order chi connectivity index (χ1) is 9.84. The second kappa shape index (κ2) is 4.56. The van der Waals surface area contributed by atoms with Gasteiger partial charge >= 0.3 is 5.69 Å². The number of aromatic nitrogens is 3. The van der Waals surface area contributed by atoms with Gasteiger partial charge in [0.25, 0.3) is 5.56 Å². The number of hydrogen-bond donors (Lipinski definition) is 1. The van der Waals surface area contributed by atoms with Crippen molar-refractivity contribution in [2.45, 2.75) is 19.6 Å². The fraction of sp³-hybridized carbons (Fsp3) is 0.214. The average Bonchev–Trinajstić information content (AvgIpc) is 2.81. The van der Waals surface area contributed by atoms with Gasteiger partial charge in [-0.2, -0.15) is 0 Å². The van der Waals surface area contributed by atoms with Gasteiger partial charge in [0.2, 0.25) is 0 Å². The Morgan fingerprint density at radius 1 is 1.24 bits per heavy atom. The summed E-state index contributed by atoms with van der Waals surface area (Å²) in [6.45, 7) is 6.58. The Hall–Kier alpha value is -2.41. The number of H-pyrrole nitrogens is 1. The van der Waals surface area contributed by atoms with Crippen LogP contribution in [0.5, 0.6) is 0 Å². The predicted octanol–water partition coefficient (Wildman–Crippen LogP) is 1.21. The first-order valence-corrected chi connectivity index (χ1v) is 10.1. The van der Waals surface area contributed by atoms with Crippen LogP contribution in [0.3, 0.4) is 0 Å². The smallest absolute Gasteiger partial charge is 0.332 e. The third-order valence-electron chi connectivity index (χ3n) is 3.20. The Kier molecular flexibility index (Phi) is 2.94. The van der Waals surface area contributed by atoms with Crippen LogP contribution in [0, 0.1) is 0 Å². The highest BCUT2D eigenvalue weighted by Gasteiger charge is 2.22. The number of nitrogens with zero attached hydrogens (tertiary/aromatic N) is 2. The maximum Gasteiger partial charge on any atom is 0.332 e. The van der Waals surface area contributed by atoms with Gasteiger partial charge in [0, 0.05) is 24.4 Å². The molecular formula is C14H15N3O3Si. The fourth-order valence-corrected chi connectivity index (χ4v) is 3.01. The summed E-state index contributed by atoms with van der Waals surface area (Å²) >= 11 is 0. The molecule has 0 radical (unpaired) electrons. The van der Waals surface area contributed by atoms with Crippen LogP contribution in [0.4, 0.5) is 0 Å². The first kappa shape index (κ1) is 13.6. The summed E-state index contributed by atoms with van der Waals surface area (Å²) in [5, 5.41) is 0.968. The van der Waals surface area contributed by atoms with Crippen molar-refractivity contribution in [2.24, 2.45) is 0 Å². The Morgan fingerprint density at radius 2 is 2.00 bits per heavy atom. The molecule has 3 aromatic heterocycles. The number of hydrogen-bond acceptors (Lipinski definition) is 4. The van der Waals surface area contributed by atoms with Gasteiger partial charge in [-0.3, -0.25) is 19.3 Å². The van der Waals surface area contributed by atoms with Crippen LogP contribution in [0.25, 0.3) is 16.8 Å². The molecule has 6 nitrogen and oxygen atoms in total. The Labute approximate surface area is 121 Å². The van der Waals surface area contributed by atoms with Crippen molar-refractivity contribution in [3.63, 3.8) is 0 Å². The molecule has 21 heavy (non-hydrogen) atoms. The Morgan fingerprint density at radius 3 is 2.67 bits per heavy atom. The number of nitrogens with one attached hydrogen (secondary N) is 1. The van der Waals surface area contributed by atoms with Gasteiger partial charge in [-0.1, -0.05) is 19.6 Å². The second-order valence-corrected chi connectivity index (χ2v) is 10.9. The van der Waals surface area contributed by atoms with Crippen molar-refractivity contribution in [1.82, 2.24) is 14.5 Å². The summed E-state index contributed by atoms with van der Waals surface area (Å²) in [7, 11) is -1.55. The average molecular weight is 301 g/mol. The van der Waals surface area contributed by atoms with Crippen molar-refractivity contribution in [3.05, 3.63) is 51.4 Å². The third kappa shape index (κ3) is 2.47. The van der Waals surface area contributed by atoms with Crippen molar-refractivity contribution in [2.75, 3.05) is 0 Å². The van der Waals surface area contributed by atoms with E-state index < -0.39 is 19.3 Å². The largest absolute Gasteiger partial charge is 0.464 e. The topological polar surface area (TPSA) is 80.9 Å². The Bertz CT molecular complexity index is 931. The highest BCUT2D eigenvalue weighted by molar-refractivity contribution is 6.87. The molecule has 0 unspecified atom stereocenters. The third-order valence-corrected chi connectivity index (χ3v) is 4.92. The SMILES string of the molecule is C[Si](C)(C)c1cc2ncc(-n3ccc(=O)[nH]c3=O)cc2o1. The number of fused-ring (bicyclic) bond motifs is 1. The van der Waals surface area contributed by atoms with Crippen molar-refractivity contribution >= 4 is 24.6 Å². The lowest BCUT2D eigenvalue weighted by molar-refractivity contribution is 0.647. The monoisotopic (exact) mass is 301 g/mol. The number of aromatic amines is 1. The maximum absolute atomic E-state index is 11.8. The zero-order chi connectivity index (χ0) is 15.2. The van der Waals surface area contributed by atoms with E-state index in [1.54, 1.807) is 12.3 Å². The fourth-order valence-electron chi connectivity index (χ4n) is 2.03. The van der Waals surface area contributed by atoms with Gasteiger partial charge in [0.15, 0.2) is 5.58 Å². The molecular weight excluding hydrogens is 286 g/mol. The standard InChI is InChI=1S/C14H15N3O3Si/c1-21(2,3)13-7-10-11(20-13)6-9(8-15-10)17-5-4-12(18)16-14(17)19/h4-8H,1-3H3,(H,16,18,19). The van der Waals surface area contributed by atoms with Gasteiger partial charge in [-0.25, -0.2) is 4.79 Å². The summed E-state index contributed by atoms with van der Waals surface area (Å²) in [4.78, 5) is 29.4. The van der Waals surface area contributed by atoms with E-state index in [-0.39, 0.29) is 0 Å². The Balaban J connectivity index is 2.17. The van der Waals surface area contributed by atoms with E-state index in [1.807, 2.05) is 6.07 Å². The van der Waals surface area contributed by atoms with Crippen molar-refractivity contribution < 1.29 is 4.42 Å². The highest BCUT2D eigenvalue weighted by Crippen LogP contribution is 2.17. The number of pyridine rings is 1. The molecule has 0 atom stereocenters. The lowest BCUT2D eigenvalue weighted by atomic mass is 10.3. The van der Waals surface area contributed by atoms with Crippen molar-refractivity contribution in [1.29, 1.82) is 0 Å². The molecule has 0 spiro atoms. The lowest BCUT2D eigenvalue weighted by Crippen LogP contribution is -2.36. The van der Waals surface area contributed by atoms with Crippen molar-refractivity contribution in [3.8, 4) is 5.69 Å². The van der Waals surface area contributed by atoms with Crippen LogP contribution in [0.15, 0.2) is 44.6 Å². The summed E-state index contributed by atoms with van der Waals surface area (Å²) < 4.78 is 7.19. The molecule has 0 bridgehead atoms. The zero-order valence-electron chi connectivity index (χ0n) is 12.0. The summed E-state index contributed by atoms with van der Waals surface area (Å²) in [5.74, 6) is 0. The molecule has 0 aromatic carbocycles. The van der Waals surface area contributed by atoms with Crippen LogP contribution >= 0.6 is 0 Å². The highest BCUT2D eigenvalue weighted by atomic mass is 28.3. The molecule has 7 heteroatoms.